The number of hydrogen-bond donors (Lipinski definition) is 2. The third-order valence-electron chi connectivity index (χ3n) is 5.12. The van der Waals surface area contributed by atoms with Crippen LogP contribution in [0.15, 0.2) is 36.7 Å². The fourth-order valence-electron chi connectivity index (χ4n) is 3.29. The van der Waals surface area contributed by atoms with E-state index in [1.165, 1.54) is 16.0 Å². The van der Waals surface area contributed by atoms with Crippen LogP contribution in [0.2, 0.25) is 0 Å². The number of quaternary nitrogens is 1. The summed E-state index contributed by atoms with van der Waals surface area (Å²) in [4.78, 5) is 24.5. The molecule has 0 unspecified atom stereocenters. The van der Waals surface area contributed by atoms with Crippen LogP contribution in [0.5, 0.6) is 0 Å². The highest BCUT2D eigenvalue weighted by molar-refractivity contribution is 5.77. The summed E-state index contributed by atoms with van der Waals surface area (Å²) in [5.41, 5.74) is 3.69. The van der Waals surface area contributed by atoms with Gasteiger partial charge in [-0.1, -0.05) is 18.2 Å². The average molecular weight is 354 g/mol. The van der Waals surface area contributed by atoms with Crippen LogP contribution in [0, 0.1) is 13.8 Å². The molecule has 2 heterocycles. The molecular weight excluding hydrogens is 326 g/mol. The number of benzene rings is 1. The molecule has 6 nitrogen and oxygen atoms in total. The predicted octanol–water partition coefficient (Wildman–Crippen LogP) is 0.676. The van der Waals surface area contributed by atoms with E-state index in [4.69, 9.17) is 0 Å². The second-order valence-electron chi connectivity index (χ2n) is 7.10. The van der Waals surface area contributed by atoms with Gasteiger partial charge < -0.3 is 15.1 Å². The minimum absolute atomic E-state index is 0.0280. The summed E-state index contributed by atoms with van der Waals surface area (Å²) in [5.74, 6) is 0.884. The lowest BCUT2D eigenvalue weighted by Crippen LogP contribution is -3.16. The van der Waals surface area contributed by atoms with Gasteiger partial charge in [-0.25, -0.2) is 9.97 Å². The quantitative estimate of drug-likeness (QED) is 0.829. The minimum atomic E-state index is 0.0280. The van der Waals surface area contributed by atoms with Gasteiger partial charge in [0.25, 0.3) is 5.91 Å². The van der Waals surface area contributed by atoms with E-state index in [0.29, 0.717) is 6.54 Å². The molecule has 2 aromatic rings. The van der Waals surface area contributed by atoms with Crippen molar-refractivity contribution < 1.29 is 9.69 Å². The summed E-state index contributed by atoms with van der Waals surface area (Å²) < 4.78 is 0. The number of rotatable bonds is 5. The number of anilines is 1. The highest BCUT2D eigenvalue weighted by Gasteiger charge is 2.24. The Bertz CT molecular complexity index is 741. The van der Waals surface area contributed by atoms with Crippen molar-refractivity contribution in [2.24, 2.45) is 0 Å². The summed E-state index contributed by atoms with van der Waals surface area (Å²) in [6.45, 7) is 10.4. The molecule has 0 aliphatic carbocycles. The fraction of sp³-hybridized carbons (Fsp3) is 0.450. The molecule has 1 aromatic heterocycles. The standard InChI is InChI=1S/C20H27N5O/c1-15-5-6-18(13-16(15)2)17(3)23-19(26)14-24-9-11-25(12-10-24)20-21-7-4-8-22-20/h4-8,13,17H,9-12,14H2,1-3H3,(H,23,26)/p+1/t17-/m1/s1. The number of hydrogen-bond acceptors (Lipinski definition) is 4. The Morgan fingerprint density at radius 3 is 2.54 bits per heavy atom. The van der Waals surface area contributed by atoms with Crippen LogP contribution in [-0.2, 0) is 4.79 Å². The van der Waals surface area contributed by atoms with E-state index in [9.17, 15) is 4.79 Å². The maximum absolute atomic E-state index is 12.4. The van der Waals surface area contributed by atoms with Crippen molar-refractivity contribution in [2.75, 3.05) is 37.6 Å². The zero-order chi connectivity index (χ0) is 18.5. The van der Waals surface area contributed by atoms with Crippen molar-refractivity contribution in [2.45, 2.75) is 26.8 Å². The normalized spacial score (nSPS) is 16.3. The molecule has 2 N–H and O–H groups in total. The zero-order valence-electron chi connectivity index (χ0n) is 15.8. The molecule has 1 saturated heterocycles. The molecule has 0 spiro atoms. The van der Waals surface area contributed by atoms with E-state index in [2.05, 4.69) is 52.2 Å². The number of nitrogens with one attached hydrogen (secondary N) is 2. The lowest BCUT2D eigenvalue weighted by molar-refractivity contribution is -0.892. The Balaban J connectivity index is 1.47. The molecule has 0 bridgehead atoms. The SMILES string of the molecule is Cc1ccc([C@@H](C)NC(=O)C[NH+]2CCN(c3ncccn3)CC2)cc1C. The Morgan fingerprint density at radius 2 is 1.88 bits per heavy atom. The number of carbonyl (C=O) groups is 1. The highest BCUT2D eigenvalue weighted by atomic mass is 16.2. The van der Waals surface area contributed by atoms with Crippen LogP contribution in [0.1, 0.15) is 29.7 Å². The molecule has 0 saturated carbocycles. The Labute approximate surface area is 155 Å². The molecule has 26 heavy (non-hydrogen) atoms. The van der Waals surface area contributed by atoms with Crippen LogP contribution in [0.4, 0.5) is 5.95 Å². The maximum atomic E-state index is 12.4. The van der Waals surface area contributed by atoms with E-state index >= 15 is 0 Å². The molecule has 1 aliphatic rings. The predicted molar refractivity (Wildman–Crippen MR) is 102 cm³/mol. The van der Waals surface area contributed by atoms with Gasteiger partial charge in [0.05, 0.1) is 32.2 Å². The van der Waals surface area contributed by atoms with E-state index in [1.807, 2.05) is 13.0 Å². The van der Waals surface area contributed by atoms with Crippen molar-refractivity contribution in [3.8, 4) is 0 Å². The van der Waals surface area contributed by atoms with Crippen molar-refractivity contribution in [1.29, 1.82) is 0 Å². The van der Waals surface area contributed by atoms with Crippen LogP contribution in [0.3, 0.4) is 0 Å². The van der Waals surface area contributed by atoms with Gasteiger partial charge in [0.1, 0.15) is 0 Å². The summed E-state index contributed by atoms with van der Waals surface area (Å²) in [5, 5.41) is 3.13. The highest BCUT2D eigenvalue weighted by Crippen LogP contribution is 2.16. The number of carbonyl (C=O) groups excluding carboxylic acids is 1. The number of aryl methyl sites for hydroxylation is 2. The molecule has 6 heteroatoms. The van der Waals surface area contributed by atoms with E-state index < -0.39 is 0 Å². The first-order chi connectivity index (χ1) is 12.5. The number of amides is 1. The molecule has 1 aromatic carbocycles. The molecule has 1 atom stereocenters. The number of piperazine rings is 1. The van der Waals surface area contributed by atoms with Gasteiger partial charge in [-0.05, 0) is 43.5 Å². The van der Waals surface area contributed by atoms with E-state index in [-0.39, 0.29) is 11.9 Å². The summed E-state index contributed by atoms with van der Waals surface area (Å²) in [6.07, 6.45) is 3.53. The van der Waals surface area contributed by atoms with Gasteiger partial charge in [0.15, 0.2) is 6.54 Å². The molecule has 1 amide bonds. The summed E-state index contributed by atoms with van der Waals surface area (Å²) >= 11 is 0. The first kappa shape index (κ1) is 18.3. The average Bonchev–Trinajstić information content (AvgIpc) is 2.65. The lowest BCUT2D eigenvalue weighted by Gasteiger charge is -2.32. The third kappa shape index (κ3) is 4.58. The van der Waals surface area contributed by atoms with Gasteiger partial charge in [-0.15, -0.1) is 0 Å². The number of nitrogens with zero attached hydrogens (tertiary/aromatic N) is 3. The van der Waals surface area contributed by atoms with Gasteiger partial charge in [0.2, 0.25) is 5.95 Å². The Hall–Kier alpha value is -2.47. The van der Waals surface area contributed by atoms with Gasteiger partial charge in [0, 0.05) is 12.4 Å². The Morgan fingerprint density at radius 1 is 1.19 bits per heavy atom. The molecular formula is C20H28N5O+. The number of aromatic nitrogens is 2. The molecule has 1 aliphatic heterocycles. The molecule has 1 fully saturated rings. The van der Waals surface area contributed by atoms with Crippen LogP contribution < -0.4 is 15.1 Å². The summed E-state index contributed by atoms with van der Waals surface area (Å²) in [7, 11) is 0. The van der Waals surface area contributed by atoms with Crippen molar-refractivity contribution >= 4 is 11.9 Å². The maximum Gasteiger partial charge on any atom is 0.275 e. The van der Waals surface area contributed by atoms with Crippen molar-refractivity contribution in [3.63, 3.8) is 0 Å². The zero-order valence-corrected chi connectivity index (χ0v) is 15.8. The van der Waals surface area contributed by atoms with Gasteiger partial charge >= 0.3 is 0 Å². The molecule has 0 radical (unpaired) electrons. The molecule has 138 valence electrons. The van der Waals surface area contributed by atoms with Crippen LogP contribution >= 0.6 is 0 Å². The second-order valence-corrected chi connectivity index (χ2v) is 7.10. The summed E-state index contributed by atoms with van der Waals surface area (Å²) in [6, 6.07) is 8.22. The largest absolute Gasteiger partial charge is 0.345 e. The van der Waals surface area contributed by atoms with Gasteiger partial charge in [-0.3, -0.25) is 4.79 Å². The second kappa shape index (κ2) is 8.27. The first-order valence-corrected chi connectivity index (χ1v) is 9.25. The third-order valence-corrected chi connectivity index (χ3v) is 5.12. The van der Waals surface area contributed by atoms with E-state index in [1.54, 1.807) is 12.4 Å². The van der Waals surface area contributed by atoms with Crippen LogP contribution in [-0.4, -0.2) is 48.6 Å². The molecule has 3 rings (SSSR count). The first-order valence-electron chi connectivity index (χ1n) is 9.25. The van der Waals surface area contributed by atoms with Gasteiger partial charge in [-0.2, -0.15) is 0 Å². The monoisotopic (exact) mass is 354 g/mol. The smallest absolute Gasteiger partial charge is 0.275 e. The minimum Gasteiger partial charge on any atom is -0.345 e. The van der Waals surface area contributed by atoms with Crippen molar-refractivity contribution in [3.05, 3.63) is 53.3 Å². The fourth-order valence-corrected chi connectivity index (χ4v) is 3.29. The topological polar surface area (TPSA) is 62.6 Å². The van der Waals surface area contributed by atoms with Crippen LogP contribution in [0.25, 0.3) is 0 Å². The Kier molecular flexibility index (Phi) is 5.83. The van der Waals surface area contributed by atoms with E-state index in [0.717, 1.165) is 37.7 Å². The van der Waals surface area contributed by atoms with Crippen molar-refractivity contribution in [1.82, 2.24) is 15.3 Å². The lowest BCUT2D eigenvalue weighted by atomic mass is 10.0.